The van der Waals surface area contributed by atoms with Crippen molar-refractivity contribution in [1.82, 2.24) is 10.2 Å². The van der Waals surface area contributed by atoms with Crippen molar-refractivity contribution in [2.24, 2.45) is 0 Å². The molecule has 2 aromatic carbocycles. The smallest absolute Gasteiger partial charge is 0.243 e. The first-order valence-electron chi connectivity index (χ1n) is 13.8. The number of sulfonamides is 1. The quantitative estimate of drug-likeness (QED) is 0.291. The molecule has 0 saturated heterocycles. The number of ether oxygens (including phenoxy) is 1. The molecule has 220 valence electrons. The van der Waals surface area contributed by atoms with Gasteiger partial charge in [0.05, 0.1) is 18.6 Å². The first-order valence-corrected chi connectivity index (χ1v) is 16.4. The molecule has 1 saturated carbocycles. The fourth-order valence-corrected chi connectivity index (χ4v) is 6.48. The zero-order chi connectivity index (χ0) is 29.3. The molecule has 1 aliphatic rings. The van der Waals surface area contributed by atoms with Crippen LogP contribution in [0.5, 0.6) is 5.75 Å². The van der Waals surface area contributed by atoms with Gasteiger partial charge in [-0.05, 0) is 62.4 Å². The molecule has 2 amide bonds. The molecule has 1 N–H and O–H groups in total. The highest BCUT2D eigenvalue weighted by Gasteiger charge is 2.31. The lowest BCUT2D eigenvalue weighted by molar-refractivity contribution is -0.141. The highest BCUT2D eigenvalue weighted by Crippen LogP contribution is 2.30. The van der Waals surface area contributed by atoms with Crippen molar-refractivity contribution in [3.05, 3.63) is 58.1 Å². The van der Waals surface area contributed by atoms with Crippen LogP contribution in [-0.4, -0.2) is 56.6 Å². The van der Waals surface area contributed by atoms with Crippen LogP contribution < -0.4 is 14.4 Å². The molecule has 0 unspecified atom stereocenters. The first kappa shape index (κ1) is 32.0. The van der Waals surface area contributed by atoms with Gasteiger partial charge in [0.2, 0.25) is 21.8 Å². The van der Waals surface area contributed by atoms with Crippen molar-refractivity contribution in [2.75, 3.05) is 23.7 Å². The number of rotatable bonds is 14. The maximum atomic E-state index is 13.7. The minimum atomic E-state index is -3.65. The lowest BCUT2D eigenvalue weighted by atomic mass is 10.1. The van der Waals surface area contributed by atoms with E-state index >= 15 is 0 Å². The Labute approximate surface area is 248 Å². The van der Waals surface area contributed by atoms with Crippen LogP contribution in [-0.2, 0) is 26.2 Å². The van der Waals surface area contributed by atoms with E-state index in [9.17, 15) is 18.0 Å². The number of nitrogens with zero attached hydrogens (tertiary/aromatic N) is 2. The van der Waals surface area contributed by atoms with E-state index in [1.54, 1.807) is 47.4 Å². The number of nitrogens with one attached hydrogen (secondary N) is 1. The van der Waals surface area contributed by atoms with Gasteiger partial charge in [0, 0.05) is 35.6 Å². The number of hydrogen-bond donors (Lipinski definition) is 1. The van der Waals surface area contributed by atoms with Crippen LogP contribution in [0.1, 0.15) is 64.4 Å². The van der Waals surface area contributed by atoms with E-state index in [0.717, 1.165) is 31.9 Å². The fraction of sp³-hybridized carbons (Fsp3) is 0.517. The lowest BCUT2D eigenvalue weighted by Gasteiger charge is -2.32. The average Bonchev–Trinajstić information content (AvgIpc) is 3.40. The van der Waals surface area contributed by atoms with Crippen LogP contribution in [0.15, 0.2) is 42.5 Å². The van der Waals surface area contributed by atoms with Gasteiger partial charge in [0.15, 0.2) is 0 Å². The van der Waals surface area contributed by atoms with Crippen LogP contribution in [0.4, 0.5) is 5.69 Å². The van der Waals surface area contributed by atoms with E-state index in [1.165, 1.54) is 4.31 Å². The monoisotopic (exact) mass is 611 g/mol. The minimum absolute atomic E-state index is 0.0429. The van der Waals surface area contributed by atoms with Gasteiger partial charge in [-0.2, -0.15) is 0 Å². The zero-order valence-corrected chi connectivity index (χ0v) is 25.7. The van der Waals surface area contributed by atoms with Crippen molar-refractivity contribution in [2.45, 2.75) is 77.4 Å². The largest absolute Gasteiger partial charge is 0.492 e. The molecule has 0 bridgehead atoms. The second-order valence-corrected chi connectivity index (χ2v) is 12.8. The molecule has 11 heteroatoms. The van der Waals surface area contributed by atoms with Crippen LogP contribution in [0.25, 0.3) is 0 Å². The molecule has 2 aromatic rings. The van der Waals surface area contributed by atoms with Crippen molar-refractivity contribution in [3.63, 3.8) is 0 Å². The highest BCUT2D eigenvalue weighted by atomic mass is 35.5. The summed E-state index contributed by atoms with van der Waals surface area (Å²) in [7, 11) is -3.65. The second kappa shape index (κ2) is 14.9. The molecule has 3 rings (SSSR count). The first-order chi connectivity index (χ1) is 19.0. The molecule has 1 aliphatic carbocycles. The predicted molar refractivity (Wildman–Crippen MR) is 161 cm³/mol. The number of hydrogen-bond acceptors (Lipinski definition) is 5. The lowest BCUT2D eigenvalue weighted by Crippen LogP contribution is -2.51. The molecule has 8 nitrogen and oxygen atoms in total. The summed E-state index contributed by atoms with van der Waals surface area (Å²) in [5.74, 6) is 0.0117. The van der Waals surface area contributed by atoms with Crippen molar-refractivity contribution in [1.29, 1.82) is 0 Å². The zero-order valence-electron chi connectivity index (χ0n) is 23.4. The molecular weight excluding hydrogens is 573 g/mol. The summed E-state index contributed by atoms with van der Waals surface area (Å²) in [6.45, 7) is 4.30. The van der Waals surface area contributed by atoms with Crippen LogP contribution in [0.3, 0.4) is 0 Å². The summed E-state index contributed by atoms with van der Waals surface area (Å²) in [6.07, 6.45) is 5.87. The van der Waals surface area contributed by atoms with E-state index in [2.05, 4.69) is 5.32 Å². The Morgan fingerprint density at radius 1 is 1.10 bits per heavy atom. The third kappa shape index (κ3) is 8.75. The molecule has 0 aromatic heterocycles. The van der Waals surface area contributed by atoms with Crippen molar-refractivity contribution in [3.8, 4) is 5.75 Å². The van der Waals surface area contributed by atoms with Gasteiger partial charge in [0.25, 0.3) is 0 Å². The minimum Gasteiger partial charge on any atom is -0.492 e. The summed E-state index contributed by atoms with van der Waals surface area (Å²) in [6, 6.07) is 11.4. The third-order valence-corrected chi connectivity index (χ3v) is 8.80. The second-order valence-electron chi connectivity index (χ2n) is 10.0. The Morgan fingerprint density at radius 3 is 2.42 bits per heavy atom. The van der Waals surface area contributed by atoms with E-state index in [4.69, 9.17) is 27.9 Å². The normalized spacial score (nSPS) is 14.5. The number of para-hydroxylation sites is 2. The number of halogens is 2. The number of carbonyl (C=O) groups is 2. The van der Waals surface area contributed by atoms with Gasteiger partial charge < -0.3 is 15.0 Å². The summed E-state index contributed by atoms with van der Waals surface area (Å²) in [5, 5.41) is 4.01. The number of benzene rings is 2. The van der Waals surface area contributed by atoms with Gasteiger partial charge in [-0.15, -0.1) is 0 Å². The van der Waals surface area contributed by atoms with Crippen LogP contribution >= 0.6 is 23.2 Å². The standard InChI is InChI=1S/C29H39Cl2N3O5S/c1-4-25(29(36)32-23-11-6-7-12-23)33(20-21-16-17-22(30)19-24(21)31)28(35)15-10-18-34(40(3,37)38)26-13-8-9-14-27(26)39-5-2/h8-9,13-14,16-17,19,23,25H,4-7,10-12,15,18,20H2,1-3H3,(H,32,36)/t25-/m0/s1. The summed E-state index contributed by atoms with van der Waals surface area (Å²) in [5.41, 5.74) is 1.10. The Balaban J connectivity index is 1.80. The molecule has 0 heterocycles. The molecule has 1 atom stereocenters. The summed E-state index contributed by atoms with van der Waals surface area (Å²) < 4.78 is 32.3. The average molecular weight is 613 g/mol. The van der Waals surface area contributed by atoms with Crippen molar-refractivity contribution < 1.29 is 22.7 Å². The van der Waals surface area contributed by atoms with Gasteiger partial charge in [0.1, 0.15) is 11.8 Å². The molecule has 40 heavy (non-hydrogen) atoms. The molecule has 1 fully saturated rings. The Kier molecular flexibility index (Phi) is 12.0. The fourth-order valence-electron chi connectivity index (χ4n) is 5.04. The van der Waals surface area contributed by atoms with Gasteiger partial charge in [-0.3, -0.25) is 13.9 Å². The van der Waals surface area contributed by atoms with Gasteiger partial charge >= 0.3 is 0 Å². The van der Waals surface area contributed by atoms with Crippen LogP contribution in [0, 0.1) is 0 Å². The SMILES string of the molecule is CCOc1ccccc1N(CCCC(=O)N(Cc1ccc(Cl)cc1Cl)[C@@H](CC)C(=O)NC1CCCC1)S(C)(=O)=O. The molecular formula is C29H39Cl2N3O5S. The Morgan fingerprint density at radius 2 is 1.80 bits per heavy atom. The van der Waals surface area contributed by atoms with E-state index in [-0.39, 0.29) is 43.8 Å². The van der Waals surface area contributed by atoms with Crippen molar-refractivity contribution >= 4 is 50.7 Å². The summed E-state index contributed by atoms with van der Waals surface area (Å²) in [4.78, 5) is 28.6. The number of carbonyl (C=O) groups excluding carboxylic acids is 2. The Bertz CT molecular complexity index is 1270. The highest BCUT2D eigenvalue weighted by molar-refractivity contribution is 7.92. The van der Waals surface area contributed by atoms with E-state index in [1.807, 2.05) is 13.8 Å². The van der Waals surface area contributed by atoms with E-state index < -0.39 is 16.1 Å². The topological polar surface area (TPSA) is 96.0 Å². The maximum absolute atomic E-state index is 13.7. The van der Waals surface area contributed by atoms with Gasteiger partial charge in [-0.25, -0.2) is 8.42 Å². The predicted octanol–water partition coefficient (Wildman–Crippen LogP) is 5.80. The van der Waals surface area contributed by atoms with Gasteiger partial charge in [-0.1, -0.05) is 61.2 Å². The maximum Gasteiger partial charge on any atom is 0.243 e. The molecule has 0 spiro atoms. The Hall–Kier alpha value is -2.49. The number of amides is 2. The van der Waals surface area contributed by atoms with Crippen LogP contribution in [0.2, 0.25) is 10.0 Å². The molecule has 0 radical (unpaired) electrons. The number of anilines is 1. The third-order valence-electron chi connectivity index (χ3n) is 7.03. The molecule has 0 aliphatic heterocycles. The van der Waals surface area contributed by atoms with E-state index in [0.29, 0.717) is 40.1 Å². The summed E-state index contributed by atoms with van der Waals surface area (Å²) >= 11 is 12.5.